The predicted octanol–water partition coefficient (Wildman–Crippen LogP) is 5.91. The van der Waals surface area contributed by atoms with Gasteiger partial charge in [-0.2, -0.15) is 0 Å². The normalized spacial score (nSPS) is 13.8. The largest absolute Gasteiger partial charge is 0.353 e. The molecule has 0 bridgehead atoms. The number of carbonyl (C=O) groups is 1. The molecule has 178 valence electrons. The lowest BCUT2D eigenvalue weighted by Crippen LogP contribution is -2.50. The van der Waals surface area contributed by atoms with Crippen LogP contribution in [-0.2, 0) is 12.8 Å². The van der Waals surface area contributed by atoms with Gasteiger partial charge in [0.05, 0.1) is 10.7 Å². The zero-order valence-corrected chi connectivity index (χ0v) is 21.2. The summed E-state index contributed by atoms with van der Waals surface area (Å²) in [4.78, 5) is 26.5. The van der Waals surface area contributed by atoms with Crippen LogP contribution >= 0.6 is 23.2 Å². The van der Waals surface area contributed by atoms with E-state index in [9.17, 15) is 4.79 Å². The summed E-state index contributed by atoms with van der Waals surface area (Å²) in [5.41, 5.74) is 5.29. The average molecular weight is 498 g/mol. The Morgan fingerprint density at radius 2 is 1.71 bits per heavy atom. The molecule has 6 nitrogen and oxygen atoms in total. The molecule has 1 fully saturated rings. The van der Waals surface area contributed by atoms with Gasteiger partial charge in [0.1, 0.15) is 11.6 Å². The molecule has 0 radical (unpaired) electrons. The van der Waals surface area contributed by atoms with Gasteiger partial charge in [-0.3, -0.25) is 0 Å². The maximum Gasteiger partial charge on any atom is 0.322 e. The molecule has 1 saturated heterocycles. The van der Waals surface area contributed by atoms with Crippen LogP contribution in [0.25, 0.3) is 0 Å². The van der Waals surface area contributed by atoms with Crippen LogP contribution in [0, 0.1) is 13.8 Å². The van der Waals surface area contributed by atoms with E-state index in [2.05, 4.69) is 48.3 Å². The zero-order chi connectivity index (χ0) is 24.2. The third kappa shape index (κ3) is 5.62. The number of hydrogen-bond acceptors (Lipinski definition) is 4. The number of benzene rings is 2. The molecule has 34 heavy (non-hydrogen) atoms. The lowest BCUT2D eigenvalue weighted by molar-refractivity contribution is 0.208. The molecule has 1 aromatic heterocycles. The highest BCUT2D eigenvalue weighted by Gasteiger charge is 2.25. The zero-order valence-electron chi connectivity index (χ0n) is 19.7. The second kappa shape index (κ2) is 10.6. The second-order valence-corrected chi connectivity index (χ2v) is 9.41. The van der Waals surface area contributed by atoms with Gasteiger partial charge < -0.3 is 15.1 Å². The SMILES string of the molecule is CCc1nc(C)nc(N2CCN(C(=O)Nc3ccc(Cl)cc3Cl)CC2)c1Cc1ccc(C)cc1. The molecule has 2 heterocycles. The summed E-state index contributed by atoms with van der Waals surface area (Å²) in [6.45, 7) is 8.74. The molecule has 0 aliphatic carbocycles. The number of piperazine rings is 1. The third-order valence-electron chi connectivity index (χ3n) is 6.06. The minimum atomic E-state index is -0.170. The minimum absolute atomic E-state index is 0.170. The number of aryl methyl sites for hydroxylation is 3. The van der Waals surface area contributed by atoms with Crippen molar-refractivity contribution in [3.63, 3.8) is 0 Å². The molecule has 2 aromatic carbocycles. The van der Waals surface area contributed by atoms with E-state index in [1.54, 1.807) is 23.1 Å². The average Bonchev–Trinajstić information content (AvgIpc) is 2.83. The number of hydrogen-bond donors (Lipinski definition) is 1. The van der Waals surface area contributed by atoms with Crippen LogP contribution in [0.1, 0.15) is 35.1 Å². The van der Waals surface area contributed by atoms with Gasteiger partial charge in [-0.25, -0.2) is 14.8 Å². The number of rotatable bonds is 5. The van der Waals surface area contributed by atoms with Crippen LogP contribution in [0.2, 0.25) is 10.0 Å². The Kier molecular flexibility index (Phi) is 7.59. The van der Waals surface area contributed by atoms with Crippen molar-refractivity contribution >= 4 is 40.7 Å². The fourth-order valence-electron chi connectivity index (χ4n) is 4.19. The number of carbonyl (C=O) groups excluding carboxylic acids is 1. The molecule has 1 aliphatic rings. The minimum Gasteiger partial charge on any atom is -0.353 e. The van der Waals surface area contributed by atoms with Crippen molar-refractivity contribution in [3.8, 4) is 0 Å². The summed E-state index contributed by atoms with van der Waals surface area (Å²) in [7, 11) is 0. The van der Waals surface area contributed by atoms with Crippen molar-refractivity contribution in [2.45, 2.75) is 33.6 Å². The summed E-state index contributed by atoms with van der Waals surface area (Å²) in [5.74, 6) is 1.75. The Balaban J connectivity index is 1.49. The predicted molar refractivity (Wildman–Crippen MR) is 139 cm³/mol. The highest BCUT2D eigenvalue weighted by Crippen LogP contribution is 2.28. The van der Waals surface area contributed by atoms with Crippen molar-refractivity contribution < 1.29 is 4.79 Å². The van der Waals surface area contributed by atoms with Gasteiger partial charge in [-0.05, 0) is 44.0 Å². The molecule has 4 rings (SSSR count). The quantitative estimate of drug-likeness (QED) is 0.475. The van der Waals surface area contributed by atoms with Crippen molar-refractivity contribution in [2.24, 2.45) is 0 Å². The van der Waals surface area contributed by atoms with Crippen LogP contribution in [0.15, 0.2) is 42.5 Å². The number of nitrogens with one attached hydrogen (secondary N) is 1. The summed E-state index contributed by atoms with van der Waals surface area (Å²) < 4.78 is 0. The number of nitrogens with zero attached hydrogens (tertiary/aromatic N) is 4. The molecule has 0 atom stereocenters. The van der Waals surface area contributed by atoms with Crippen LogP contribution in [0.5, 0.6) is 0 Å². The Bertz CT molecular complexity index is 1170. The number of anilines is 2. The number of urea groups is 1. The van der Waals surface area contributed by atoms with Crippen molar-refractivity contribution in [3.05, 3.63) is 80.7 Å². The highest BCUT2D eigenvalue weighted by atomic mass is 35.5. The van der Waals surface area contributed by atoms with Crippen molar-refractivity contribution in [2.75, 3.05) is 36.4 Å². The first-order valence-corrected chi connectivity index (χ1v) is 12.3. The van der Waals surface area contributed by atoms with E-state index < -0.39 is 0 Å². The summed E-state index contributed by atoms with van der Waals surface area (Å²) in [6, 6.07) is 13.5. The van der Waals surface area contributed by atoms with Crippen LogP contribution in [-0.4, -0.2) is 47.1 Å². The number of halogens is 2. The van der Waals surface area contributed by atoms with E-state index in [-0.39, 0.29) is 6.03 Å². The van der Waals surface area contributed by atoms with Crippen LogP contribution < -0.4 is 10.2 Å². The standard InChI is InChI=1S/C26H29Cl2N5O/c1-4-23-21(15-19-7-5-17(2)6-8-19)25(30-18(3)29-23)32-11-13-33(14-12-32)26(34)31-24-10-9-20(27)16-22(24)28/h5-10,16H,4,11-15H2,1-3H3,(H,31,34). The van der Waals surface area contributed by atoms with Gasteiger partial charge in [0, 0.05) is 48.9 Å². The molecule has 8 heteroatoms. The second-order valence-electron chi connectivity index (χ2n) is 8.56. The lowest BCUT2D eigenvalue weighted by Gasteiger charge is -2.36. The topological polar surface area (TPSA) is 61.4 Å². The monoisotopic (exact) mass is 497 g/mol. The van der Waals surface area contributed by atoms with E-state index in [0.717, 1.165) is 30.2 Å². The van der Waals surface area contributed by atoms with E-state index >= 15 is 0 Å². The summed E-state index contributed by atoms with van der Waals surface area (Å²) in [6.07, 6.45) is 1.64. The van der Waals surface area contributed by atoms with E-state index in [1.807, 2.05) is 6.92 Å². The first-order valence-electron chi connectivity index (χ1n) is 11.5. The smallest absolute Gasteiger partial charge is 0.322 e. The Labute approximate surface area is 210 Å². The van der Waals surface area contributed by atoms with Gasteiger partial charge in [-0.15, -0.1) is 0 Å². The summed E-state index contributed by atoms with van der Waals surface area (Å²) in [5, 5.41) is 3.84. The van der Waals surface area contributed by atoms with Gasteiger partial charge in [0.15, 0.2) is 0 Å². The molecule has 0 unspecified atom stereocenters. The van der Waals surface area contributed by atoms with E-state index in [4.69, 9.17) is 33.2 Å². The molecule has 0 saturated carbocycles. The van der Waals surface area contributed by atoms with Crippen molar-refractivity contribution in [1.29, 1.82) is 0 Å². The molecule has 1 aliphatic heterocycles. The molecular formula is C26H29Cl2N5O. The fourth-order valence-corrected chi connectivity index (χ4v) is 4.64. The molecule has 3 aromatic rings. The van der Waals surface area contributed by atoms with E-state index in [1.165, 1.54) is 16.7 Å². The Hall–Kier alpha value is -2.83. The van der Waals surface area contributed by atoms with E-state index in [0.29, 0.717) is 41.9 Å². The van der Waals surface area contributed by atoms with Gasteiger partial charge >= 0.3 is 6.03 Å². The number of aromatic nitrogens is 2. The van der Waals surface area contributed by atoms with Crippen molar-refractivity contribution in [1.82, 2.24) is 14.9 Å². The summed E-state index contributed by atoms with van der Waals surface area (Å²) >= 11 is 12.2. The maximum absolute atomic E-state index is 12.8. The molecule has 0 spiro atoms. The van der Waals surface area contributed by atoms with Gasteiger partial charge in [0.25, 0.3) is 0 Å². The highest BCUT2D eigenvalue weighted by molar-refractivity contribution is 6.36. The molecule has 1 N–H and O–H groups in total. The lowest BCUT2D eigenvalue weighted by atomic mass is 10.0. The first kappa shape index (κ1) is 24.3. The van der Waals surface area contributed by atoms with Gasteiger partial charge in [-0.1, -0.05) is 60.0 Å². The van der Waals surface area contributed by atoms with Crippen LogP contribution in [0.3, 0.4) is 0 Å². The number of amides is 2. The van der Waals surface area contributed by atoms with Crippen LogP contribution in [0.4, 0.5) is 16.3 Å². The maximum atomic E-state index is 12.8. The Morgan fingerprint density at radius 1 is 1.00 bits per heavy atom. The van der Waals surface area contributed by atoms with Gasteiger partial charge in [0.2, 0.25) is 0 Å². The Morgan fingerprint density at radius 3 is 2.35 bits per heavy atom. The fraction of sp³-hybridized carbons (Fsp3) is 0.346. The third-order valence-corrected chi connectivity index (χ3v) is 6.61. The molecule has 2 amide bonds. The first-order chi connectivity index (χ1) is 16.3. The molecular weight excluding hydrogens is 469 g/mol.